The van der Waals surface area contributed by atoms with Crippen LogP contribution in [-0.4, -0.2) is 21.4 Å². The molecule has 1 heterocycles. The summed E-state index contributed by atoms with van der Waals surface area (Å²) in [5.74, 6) is 0.574. The molecule has 4 rings (SSSR count). The number of halogens is 2. The quantitative estimate of drug-likeness (QED) is 0.219. The molecule has 28 heavy (non-hydrogen) atoms. The summed E-state index contributed by atoms with van der Waals surface area (Å²) in [6.45, 7) is 1.98. The first-order valence-electron chi connectivity index (χ1n) is 8.33. The minimum atomic E-state index is 0.0272. The molecule has 4 aromatic rings. The summed E-state index contributed by atoms with van der Waals surface area (Å²) in [6.07, 6.45) is 1.58. The monoisotopic (exact) mass is 596 g/mol. The highest BCUT2D eigenvalue weighted by molar-refractivity contribution is 14.1. The Morgan fingerprint density at radius 1 is 1.04 bits per heavy atom. The third kappa shape index (κ3) is 3.86. The largest absolute Gasteiger partial charge is 0.507 e. The first-order valence-corrected chi connectivity index (χ1v) is 10.5. The number of benzene rings is 3. The Morgan fingerprint density at radius 2 is 1.86 bits per heavy atom. The molecular formula is C21H14I2N2O3. The van der Waals surface area contributed by atoms with E-state index in [9.17, 15) is 10.2 Å². The molecule has 2 N–H and O–H groups in total. The molecule has 0 aliphatic rings. The number of aryl methyl sites for hydroxylation is 1. The molecule has 5 nitrogen and oxygen atoms in total. The van der Waals surface area contributed by atoms with E-state index in [0.717, 1.165) is 18.2 Å². The average molecular weight is 596 g/mol. The lowest BCUT2D eigenvalue weighted by Crippen LogP contribution is -1.87. The smallest absolute Gasteiger partial charge is 0.231 e. The van der Waals surface area contributed by atoms with E-state index in [1.807, 2.05) is 37.3 Å². The van der Waals surface area contributed by atoms with Gasteiger partial charge in [-0.3, -0.25) is 4.99 Å². The topological polar surface area (TPSA) is 78.9 Å². The van der Waals surface area contributed by atoms with Gasteiger partial charge in [0, 0.05) is 21.4 Å². The predicted octanol–water partition coefficient (Wildman–Crippen LogP) is 6.17. The van der Waals surface area contributed by atoms with Crippen LogP contribution in [0.2, 0.25) is 0 Å². The summed E-state index contributed by atoms with van der Waals surface area (Å²) in [6, 6.07) is 14.5. The molecule has 0 saturated carbocycles. The van der Waals surface area contributed by atoms with Gasteiger partial charge in [0.15, 0.2) is 5.58 Å². The molecule has 0 amide bonds. The molecule has 0 saturated heterocycles. The van der Waals surface area contributed by atoms with Crippen molar-refractivity contribution in [1.29, 1.82) is 0 Å². The lowest BCUT2D eigenvalue weighted by molar-refractivity contribution is 0.470. The van der Waals surface area contributed by atoms with Gasteiger partial charge in [-0.05, 0) is 94.1 Å². The Kier molecular flexibility index (Phi) is 5.28. The summed E-state index contributed by atoms with van der Waals surface area (Å²) in [5.41, 5.74) is 4.18. The zero-order valence-electron chi connectivity index (χ0n) is 14.6. The number of aliphatic imine (C=N–C) groups is 1. The second-order valence-corrected chi connectivity index (χ2v) is 8.68. The first-order chi connectivity index (χ1) is 13.4. The van der Waals surface area contributed by atoms with Crippen LogP contribution in [-0.2, 0) is 0 Å². The van der Waals surface area contributed by atoms with E-state index in [1.165, 1.54) is 0 Å². The molecule has 140 valence electrons. The van der Waals surface area contributed by atoms with Crippen LogP contribution in [0.3, 0.4) is 0 Å². The molecule has 7 heteroatoms. The predicted molar refractivity (Wildman–Crippen MR) is 127 cm³/mol. The highest BCUT2D eigenvalue weighted by Crippen LogP contribution is 2.34. The van der Waals surface area contributed by atoms with Crippen LogP contribution in [0.25, 0.3) is 22.6 Å². The van der Waals surface area contributed by atoms with Gasteiger partial charge in [-0.1, -0.05) is 6.07 Å². The molecule has 1 aromatic heterocycles. The molecule has 0 aliphatic heterocycles. The summed E-state index contributed by atoms with van der Waals surface area (Å²) < 4.78 is 7.55. The van der Waals surface area contributed by atoms with Gasteiger partial charge in [-0.2, -0.15) is 0 Å². The Bertz CT molecular complexity index is 1230. The van der Waals surface area contributed by atoms with Gasteiger partial charge in [-0.25, -0.2) is 4.98 Å². The van der Waals surface area contributed by atoms with Gasteiger partial charge < -0.3 is 14.6 Å². The second kappa shape index (κ2) is 7.70. The van der Waals surface area contributed by atoms with Crippen molar-refractivity contribution < 1.29 is 14.6 Å². The van der Waals surface area contributed by atoms with E-state index in [1.54, 1.807) is 24.4 Å². The molecule has 0 aliphatic carbocycles. The van der Waals surface area contributed by atoms with Crippen LogP contribution in [0.1, 0.15) is 11.1 Å². The zero-order chi connectivity index (χ0) is 19.8. The second-order valence-electron chi connectivity index (χ2n) is 6.28. The van der Waals surface area contributed by atoms with Gasteiger partial charge in [0.2, 0.25) is 5.89 Å². The fourth-order valence-corrected chi connectivity index (χ4v) is 4.65. The highest BCUT2D eigenvalue weighted by atomic mass is 127. The molecule has 0 unspecified atom stereocenters. The van der Waals surface area contributed by atoms with Crippen LogP contribution in [0.4, 0.5) is 5.69 Å². The van der Waals surface area contributed by atoms with Crippen molar-refractivity contribution in [2.75, 3.05) is 0 Å². The van der Waals surface area contributed by atoms with E-state index in [0.29, 0.717) is 28.3 Å². The van der Waals surface area contributed by atoms with Crippen LogP contribution in [0.5, 0.6) is 11.5 Å². The van der Waals surface area contributed by atoms with E-state index in [4.69, 9.17) is 4.42 Å². The Labute approximate surface area is 188 Å². The normalized spacial score (nSPS) is 11.5. The maximum Gasteiger partial charge on any atom is 0.231 e. The SMILES string of the molecule is Cc1ccc2nc(-c3ccc(N=Cc4cc(I)cc(I)c4O)cc3O)oc2c1. The van der Waals surface area contributed by atoms with Gasteiger partial charge in [0.1, 0.15) is 17.0 Å². The van der Waals surface area contributed by atoms with Gasteiger partial charge in [0.25, 0.3) is 0 Å². The number of phenols is 2. The maximum absolute atomic E-state index is 10.4. The van der Waals surface area contributed by atoms with Crippen molar-refractivity contribution >= 4 is 68.2 Å². The van der Waals surface area contributed by atoms with Crippen LogP contribution in [0.15, 0.2) is 57.9 Å². The molecule has 0 radical (unpaired) electrons. The number of hydrogen-bond acceptors (Lipinski definition) is 5. The zero-order valence-corrected chi connectivity index (χ0v) is 19.0. The van der Waals surface area contributed by atoms with E-state index in [2.05, 4.69) is 55.2 Å². The number of nitrogens with zero attached hydrogens (tertiary/aromatic N) is 2. The Morgan fingerprint density at radius 3 is 2.64 bits per heavy atom. The summed E-state index contributed by atoms with van der Waals surface area (Å²) in [5, 5.41) is 20.6. The van der Waals surface area contributed by atoms with Crippen molar-refractivity contribution in [2.45, 2.75) is 6.92 Å². The van der Waals surface area contributed by atoms with Crippen LogP contribution < -0.4 is 0 Å². The van der Waals surface area contributed by atoms with Crippen LogP contribution >= 0.6 is 45.2 Å². The Balaban J connectivity index is 1.66. The minimum Gasteiger partial charge on any atom is -0.507 e. The number of rotatable bonds is 3. The third-order valence-electron chi connectivity index (χ3n) is 4.17. The van der Waals surface area contributed by atoms with E-state index >= 15 is 0 Å². The molecule has 0 bridgehead atoms. The fourth-order valence-electron chi connectivity index (χ4n) is 2.76. The van der Waals surface area contributed by atoms with E-state index in [-0.39, 0.29) is 11.5 Å². The average Bonchev–Trinajstić information content (AvgIpc) is 3.06. The molecular weight excluding hydrogens is 582 g/mol. The van der Waals surface area contributed by atoms with Crippen LogP contribution in [0, 0.1) is 14.1 Å². The number of phenolic OH excluding ortho intramolecular Hbond substituents is 2. The van der Waals surface area contributed by atoms with Gasteiger partial charge in [-0.15, -0.1) is 0 Å². The van der Waals surface area contributed by atoms with Gasteiger partial charge >= 0.3 is 0 Å². The summed E-state index contributed by atoms with van der Waals surface area (Å²) >= 11 is 4.27. The number of aromatic nitrogens is 1. The Hall–Kier alpha value is -2.14. The van der Waals surface area contributed by atoms with Gasteiger partial charge in [0.05, 0.1) is 14.8 Å². The minimum absolute atomic E-state index is 0.0272. The van der Waals surface area contributed by atoms with Crippen molar-refractivity contribution in [3.8, 4) is 23.0 Å². The standard InChI is InChI=1S/C21H14I2N2O3/c1-11-2-5-17-19(6-11)28-21(25-17)15-4-3-14(9-18(15)26)24-10-12-7-13(22)8-16(23)20(12)27/h2-10,26-27H,1H3. The highest BCUT2D eigenvalue weighted by Gasteiger charge is 2.13. The maximum atomic E-state index is 10.4. The lowest BCUT2D eigenvalue weighted by Gasteiger charge is -2.04. The molecule has 0 atom stereocenters. The molecule has 0 fully saturated rings. The van der Waals surface area contributed by atoms with Crippen molar-refractivity contribution in [3.05, 3.63) is 66.8 Å². The van der Waals surface area contributed by atoms with Crippen molar-refractivity contribution in [3.63, 3.8) is 0 Å². The third-order valence-corrected chi connectivity index (χ3v) is 5.61. The van der Waals surface area contributed by atoms with Crippen molar-refractivity contribution in [2.24, 2.45) is 4.99 Å². The number of hydrogen-bond donors (Lipinski definition) is 2. The fraction of sp³-hybridized carbons (Fsp3) is 0.0476. The number of aromatic hydroxyl groups is 2. The van der Waals surface area contributed by atoms with E-state index < -0.39 is 0 Å². The lowest BCUT2D eigenvalue weighted by atomic mass is 10.1. The first kappa shape index (κ1) is 19.2. The number of oxazole rings is 1. The number of fused-ring (bicyclic) bond motifs is 1. The molecule has 0 spiro atoms. The molecule has 3 aromatic carbocycles. The van der Waals surface area contributed by atoms with Crippen molar-refractivity contribution in [1.82, 2.24) is 4.98 Å². The summed E-state index contributed by atoms with van der Waals surface area (Å²) in [7, 11) is 0. The summed E-state index contributed by atoms with van der Waals surface area (Å²) in [4.78, 5) is 8.81.